The van der Waals surface area contributed by atoms with Gasteiger partial charge in [-0.05, 0) is 42.7 Å². The van der Waals surface area contributed by atoms with Gasteiger partial charge in [0.2, 0.25) is 0 Å². The van der Waals surface area contributed by atoms with Crippen LogP contribution in [0.15, 0.2) is 55.0 Å². The molecule has 0 bridgehead atoms. The van der Waals surface area contributed by atoms with Crippen LogP contribution in [0.1, 0.15) is 34.5 Å². The molecule has 1 amide bonds. The Hall–Kier alpha value is -4.02. The van der Waals surface area contributed by atoms with Gasteiger partial charge in [0.15, 0.2) is 5.82 Å². The van der Waals surface area contributed by atoms with E-state index in [0.717, 1.165) is 32.0 Å². The first-order valence-corrected chi connectivity index (χ1v) is 11.0. The molecule has 4 heterocycles. The van der Waals surface area contributed by atoms with Crippen LogP contribution in [0.4, 0.5) is 29.2 Å². The summed E-state index contributed by atoms with van der Waals surface area (Å²) >= 11 is 0. The van der Waals surface area contributed by atoms with Crippen LogP contribution in [0.3, 0.4) is 0 Å². The van der Waals surface area contributed by atoms with Crippen LogP contribution in [-0.4, -0.2) is 38.5 Å². The van der Waals surface area contributed by atoms with Crippen LogP contribution in [0.2, 0.25) is 0 Å². The molecule has 1 N–H and O–H groups in total. The third-order valence-corrected chi connectivity index (χ3v) is 5.83. The van der Waals surface area contributed by atoms with Gasteiger partial charge in [-0.3, -0.25) is 4.79 Å². The minimum Gasteiger partial charge on any atom is -0.355 e. The van der Waals surface area contributed by atoms with Gasteiger partial charge in [-0.2, -0.15) is 13.2 Å². The van der Waals surface area contributed by atoms with Gasteiger partial charge < -0.3 is 14.8 Å². The molecule has 0 atom stereocenters. The number of hydrogen-bond acceptors (Lipinski definition) is 5. The summed E-state index contributed by atoms with van der Waals surface area (Å²) in [7, 11) is 0. The normalized spacial score (nSPS) is 14.0. The number of alkyl halides is 3. The molecule has 5 rings (SSSR count). The van der Waals surface area contributed by atoms with E-state index in [4.69, 9.17) is 0 Å². The lowest BCUT2D eigenvalue weighted by atomic mass is 10.2. The van der Waals surface area contributed by atoms with Crippen molar-refractivity contribution in [2.45, 2.75) is 25.6 Å². The van der Waals surface area contributed by atoms with Crippen LogP contribution in [-0.2, 0) is 12.7 Å². The first-order valence-electron chi connectivity index (χ1n) is 11.0. The smallest absolute Gasteiger partial charge is 0.355 e. The largest absolute Gasteiger partial charge is 0.417 e. The van der Waals surface area contributed by atoms with E-state index in [0.29, 0.717) is 17.6 Å². The molecular formula is C24H20F4N6O. The number of aromatic nitrogens is 4. The van der Waals surface area contributed by atoms with Crippen LogP contribution < -0.4 is 10.2 Å². The van der Waals surface area contributed by atoms with Crippen molar-refractivity contribution in [1.29, 1.82) is 0 Å². The van der Waals surface area contributed by atoms with Crippen molar-refractivity contribution in [2.24, 2.45) is 0 Å². The number of carbonyl (C=O) groups is 1. The zero-order valence-electron chi connectivity index (χ0n) is 18.4. The first kappa shape index (κ1) is 22.8. The fraction of sp³-hybridized carbons (Fsp3) is 0.250. The third-order valence-electron chi connectivity index (χ3n) is 5.83. The number of halogens is 4. The predicted molar refractivity (Wildman–Crippen MR) is 122 cm³/mol. The third kappa shape index (κ3) is 4.79. The highest BCUT2D eigenvalue weighted by Crippen LogP contribution is 2.32. The van der Waals surface area contributed by atoms with E-state index in [1.165, 1.54) is 35.0 Å². The second-order valence-electron chi connectivity index (χ2n) is 8.29. The van der Waals surface area contributed by atoms with E-state index < -0.39 is 23.5 Å². The van der Waals surface area contributed by atoms with Crippen LogP contribution in [0.5, 0.6) is 0 Å². The highest BCUT2D eigenvalue weighted by Gasteiger charge is 2.32. The van der Waals surface area contributed by atoms with Crippen molar-refractivity contribution in [3.8, 4) is 0 Å². The SMILES string of the molecule is O=C(Nc1cnc(N2CCCC2)cn1)c1cc2cc(C(F)(F)F)cnc2n1Cc1cccc(F)c1. The van der Waals surface area contributed by atoms with E-state index in [1.54, 1.807) is 12.3 Å². The average molecular weight is 484 g/mol. The quantitative estimate of drug-likeness (QED) is 0.409. The summed E-state index contributed by atoms with van der Waals surface area (Å²) in [4.78, 5) is 27.8. The molecular weight excluding hydrogens is 464 g/mol. The van der Waals surface area contributed by atoms with Gasteiger partial charge in [-0.1, -0.05) is 12.1 Å². The number of carbonyl (C=O) groups excluding carboxylic acids is 1. The molecule has 0 spiro atoms. The number of nitrogens with one attached hydrogen (secondary N) is 1. The first-order chi connectivity index (χ1) is 16.8. The molecule has 1 aliphatic heterocycles. The second kappa shape index (κ2) is 8.97. The Bertz CT molecular complexity index is 1380. The summed E-state index contributed by atoms with van der Waals surface area (Å²) in [5.41, 5.74) is -0.180. The number of rotatable bonds is 5. The van der Waals surface area contributed by atoms with E-state index in [2.05, 4.69) is 25.2 Å². The maximum absolute atomic E-state index is 13.7. The van der Waals surface area contributed by atoms with Crippen molar-refractivity contribution in [2.75, 3.05) is 23.3 Å². The number of anilines is 2. The van der Waals surface area contributed by atoms with Crippen molar-refractivity contribution >= 4 is 28.6 Å². The summed E-state index contributed by atoms with van der Waals surface area (Å²) < 4.78 is 54.8. The van der Waals surface area contributed by atoms with Crippen LogP contribution in [0.25, 0.3) is 11.0 Å². The number of benzene rings is 1. The molecule has 35 heavy (non-hydrogen) atoms. The van der Waals surface area contributed by atoms with Crippen molar-refractivity contribution in [3.63, 3.8) is 0 Å². The highest BCUT2D eigenvalue weighted by molar-refractivity contribution is 6.05. The molecule has 1 aromatic carbocycles. The average Bonchev–Trinajstić information content (AvgIpc) is 3.48. The Morgan fingerprint density at radius 3 is 2.49 bits per heavy atom. The number of hydrogen-bond donors (Lipinski definition) is 1. The van der Waals surface area contributed by atoms with Gasteiger partial charge in [-0.25, -0.2) is 19.3 Å². The van der Waals surface area contributed by atoms with Crippen LogP contribution >= 0.6 is 0 Å². The molecule has 3 aromatic heterocycles. The van der Waals surface area contributed by atoms with E-state index >= 15 is 0 Å². The lowest BCUT2D eigenvalue weighted by Crippen LogP contribution is -2.21. The fourth-order valence-corrected chi connectivity index (χ4v) is 4.14. The van der Waals surface area contributed by atoms with E-state index in [9.17, 15) is 22.4 Å². The zero-order valence-corrected chi connectivity index (χ0v) is 18.4. The summed E-state index contributed by atoms with van der Waals surface area (Å²) in [5.74, 6) is -0.157. The molecule has 1 fully saturated rings. The summed E-state index contributed by atoms with van der Waals surface area (Å²) in [6, 6.07) is 8.01. The molecule has 4 aromatic rings. The van der Waals surface area contributed by atoms with E-state index in [1.807, 2.05) is 0 Å². The van der Waals surface area contributed by atoms with E-state index in [-0.39, 0.29) is 29.1 Å². The Balaban J connectivity index is 1.48. The molecule has 0 unspecified atom stereocenters. The van der Waals surface area contributed by atoms with Gasteiger partial charge in [0.05, 0.1) is 18.0 Å². The van der Waals surface area contributed by atoms with Crippen molar-refractivity contribution in [3.05, 3.63) is 77.6 Å². The van der Waals surface area contributed by atoms with Gasteiger partial charge >= 0.3 is 6.18 Å². The zero-order chi connectivity index (χ0) is 24.6. The monoisotopic (exact) mass is 484 g/mol. The summed E-state index contributed by atoms with van der Waals surface area (Å²) in [6.45, 7) is 1.82. The van der Waals surface area contributed by atoms with Crippen molar-refractivity contribution < 1.29 is 22.4 Å². The number of pyridine rings is 1. The molecule has 0 aliphatic carbocycles. The highest BCUT2D eigenvalue weighted by atomic mass is 19.4. The maximum atomic E-state index is 13.7. The molecule has 0 radical (unpaired) electrons. The minimum absolute atomic E-state index is 0.0297. The lowest BCUT2D eigenvalue weighted by molar-refractivity contribution is -0.137. The predicted octanol–water partition coefficient (Wildman–Crippen LogP) is 4.89. The van der Waals surface area contributed by atoms with Crippen LogP contribution in [0, 0.1) is 5.82 Å². The van der Waals surface area contributed by atoms with Gasteiger partial charge in [-0.15, -0.1) is 0 Å². The Labute approximate surface area is 197 Å². The Kier molecular flexibility index (Phi) is 5.83. The van der Waals surface area contributed by atoms with Gasteiger partial charge in [0.25, 0.3) is 5.91 Å². The number of nitrogens with zero attached hydrogens (tertiary/aromatic N) is 5. The Morgan fingerprint density at radius 2 is 1.80 bits per heavy atom. The van der Waals surface area contributed by atoms with Gasteiger partial charge in [0.1, 0.15) is 23.0 Å². The molecule has 11 heteroatoms. The summed E-state index contributed by atoms with van der Waals surface area (Å²) in [6.07, 6.45) is 1.31. The van der Waals surface area contributed by atoms with Gasteiger partial charge in [0, 0.05) is 31.2 Å². The summed E-state index contributed by atoms with van der Waals surface area (Å²) in [5, 5.41) is 2.78. The second-order valence-corrected chi connectivity index (χ2v) is 8.29. The topological polar surface area (TPSA) is 75.9 Å². The fourth-order valence-electron chi connectivity index (χ4n) is 4.14. The number of fused-ring (bicyclic) bond motifs is 1. The standard InChI is InChI=1S/C24H20F4N6O/c25-18-5-3-4-15(8-18)14-34-19(10-16-9-17(24(26,27)28)11-31-22(16)34)23(35)32-20-12-30-21(13-29-20)33-6-1-2-7-33/h3-5,8-13H,1-2,6-7,14H2,(H,29,32,35). The molecule has 1 aliphatic rings. The minimum atomic E-state index is -4.58. The maximum Gasteiger partial charge on any atom is 0.417 e. The molecule has 1 saturated heterocycles. The number of amides is 1. The Morgan fingerprint density at radius 1 is 1.00 bits per heavy atom. The lowest BCUT2D eigenvalue weighted by Gasteiger charge is -2.15. The molecule has 0 saturated carbocycles. The van der Waals surface area contributed by atoms with Crippen molar-refractivity contribution in [1.82, 2.24) is 19.5 Å². The molecule has 7 nitrogen and oxygen atoms in total. The molecule has 180 valence electrons.